The number of alkyl carbamates (subject to hydrolysis) is 2. The molecule has 0 aliphatic heterocycles. The minimum atomic E-state index is -4.72. The summed E-state index contributed by atoms with van der Waals surface area (Å²) in [6.45, 7) is 27.9. The van der Waals surface area contributed by atoms with Crippen LogP contribution in [0.1, 0.15) is 123 Å². The Balaban J connectivity index is 0. The molecule has 0 saturated heterocycles. The van der Waals surface area contributed by atoms with Crippen molar-refractivity contribution in [3.05, 3.63) is 236 Å². The molecule has 12 aromatic rings. The first kappa shape index (κ1) is 121. The van der Waals surface area contributed by atoms with E-state index >= 15 is 0 Å². The monoisotopic (exact) mass is 2050 g/mol. The van der Waals surface area contributed by atoms with E-state index in [4.69, 9.17) is 72.7 Å². The smallest absolute Gasteiger partial charge is 0.444 e. The van der Waals surface area contributed by atoms with Crippen molar-refractivity contribution in [2.24, 2.45) is 0 Å². The van der Waals surface area contributed by atoms with Crippen LogP contribution in [0.4, 0.5) is 35.9 Å². The molecular formula is C90H95Cl3F6IN9O21P2. The van der Waals surface area contributed by atoms with Gasteiger partial charge < -0.3 is 58.8 Å². The first-order valence-electron chi connectivity index (χ1n) is 38.4. The molecule has 12 rings (SSSR count). The number of rotatable bonds is 17. The summed E-state index contributed by atoms with van der Waals surface area (Å²) in [5, 5.41) is 24.2. The Morgan fingerprint density at radius 1 is 0.523 bits per heavy atom. The minimum Gasteiger partial charge on any atom is -0.444 e. The lowest BCUT2D eigenvalue weighted by Gasteiger charge is -2.19. The molecule has 132 heavy (non-hydrogen) atoms. The van der Waals surface area contributed by atoms with Gasteiger partial charge in [0.05, 0.1) is 17.7 Å². The predicted molar refractivity (Wildman–Crippen MR) is 489 cm³/mol. The third-order valence-electron chi connectivity index (χ3n) is 15.4. The lowest BCUT2D eigenvalue weighted by molar-refractivity contribution is -0.275. The number of halogens is 10. The lowest BCUT2D eigenvalue weighted by Crippen LogP contribution is -2.33. The van der Waals surface area contributed by atoms with Crippen LogP contribution in [0.25, 0.3) is 66.3 Å². The third kappa shape index (κ3) is 57.2. The number of nitriles is 2. The van der Waals surface area contributed by atoms with Gasteiger partial charge in [0.15, 0.2) is 6.29 Å². The summed E-state index contributed by atoms with van der Waals surface area (Å²) in [6.07, 6.45) is 8.19. The van der Waals surface area contributed by atoms with E-state index in [9.17, 15) is 49.9 Å². The Labute approximate surface area is 784 Å². The number of alkyl halides is 6. The molecule has 0 spiro atoms. The zero-order valence-corrected chi connectivity index (χ0v) is 79.6. The van der Waals surface area contributed by atoms with Crippen LogP contribution in [-0.2, 0) is 88.7 Å². The van der Waals surface area contributed by atoms with E-state index < -0.39 is 43.9 Å². The average molecular weight is 2050 g/mol. The van der Waals surface area contributed by atoms with E-state index in [0.717, 1.165) is 103 Å². The molecule has 706 valence electrons. The maximum absolute atomic E-state index is 12.4. The van der Waals surface area contributed by atoms with E-state index in [1.54, 1.807) is 36.5 Å². The summed E-state index contributed by atoms with van der Waals surface area (Å²) >= 11 is 15.8. The van der Waals surface area contributed by atoms with E-state index in [1.807, 2.05) is 164 Å². The van der Waals surface area contributed by atoms with Crippen LogP contribution in [0, 0.1) is 60.9 Å². The molecule has 0 atom stereocenters. The fourth-order valence-corrected chi connectivity index (χ4v) is 11.1. The molecule has 0 bridgehead atoms. The molecule has 0 radical (unpaired) electrons. The first-order valence-corrected chi connectivity index (χ1v) is 44.6. The summed E-state index contributed by atoms with van der Waals surface area (Å²) in [7, 11) is -0.427. The zero-order valence-electron chi connectivity index (χ0n) is 73.4. The Hall–Kier alpha value is -12.9. The Bertz CT molecular complexity index is 5760. The van der Waals surface area contributed by atoms with Crippen LogP contribution in [0.5, 0.6) is 11.5 Å². The number of carbonyl (C=O) groups excluding carboxylic acids is 13. The molecule has 42 heteroatoms. The Morgan fingerprint density at radius 2 is 0.902 bits per heavy atom. The van der Waals surface area contributed by atoms with Crippen molar-refractivity contribution >= 4 is 180 Å². The molecule has 5 heterocycles. The molecule has 30 nitrogen and oxygen atoms in total. The van der Waals surface area contributed by atoms with Gasteiger partial charge in [0.1, 0.15) is 29.3 Å². The van der Waals surface area contributed by atoms with Gasteiger partial charge in [-0.05, 0) is 307 Å². The van der Waals surface area contributed by atoms with Gasteiger partial charge in [-0.3, -0.25) is 13.9 Å². The van der Waals surface area contributed by atoms with Crippen LogP contribution < -0.4 is 20.1 Å². The van der Waals surface area contributed by atoms with Crippen molar-refractivity contribution in [2.75, 3.05) is 32.9 Å². The number of amides is 2. The number of aryl methyl sites for hydroxylation is 7. The number of nitrogens with one attached hydrogen (secondary N) is 6. The number of hydrogen-bond donors (Lipinski definition) is 6. The quantitative estimate of drug-likeness (QED) is 0.0123. The number of nitrogens with zero attached hydrogens (tertiary/aromatic N) is 3. The fraction of sp³-hybridized carbons (Fsp3) is 0.289. The highest BCUT2D eigenvalue weighted by atomic mass is 127. The van der Waals surface area contributed by atoms with Crippen LogP contribution in [0.2, 0.25) is 0 Å². The molecule has 0 aliphatic rings. The SMILES string of the molecule is CCOCC.Cc1ccc2c(/C=C/C#N)c[nH]c2c1.Cc1ccc2c(C=O)c[nH]c2c1.Cc1ccc2c(CCCNC(=O)OC(C)(C)C)c[nH]c2c1.Cc1ccc2c(CCCNC(=O)OC(C)(C)C)cn(-c3ccc(OC(F)(F)F)cc3)c2c1.Cc1ccc2cc[nH]c2c1.FC(F)(F)Oc1ccc(I)cc1.N#CCOP=O.O=C=O.O=C=O.O=C=O.O=C=O.O=C=O.O=P(Cl)(Cl)Cl. The maximum Gasteiger partial charge on any atom is 0.573 e. The van der Waals surface area contributed by atoms with Gasteiger partial charge in [-0.25, -0.2) is 14.2 Å². The normalized spacial score (nSPS) is 10.1. The predicted octanol–water partition coefficient (Wildman–Crippen LogP) is 22.9. The zero-order chi connectivity index (χ0) is 101. The number of aldehydes is 1. The van der Waals surface area contributed by atoms with Crippen molar-refractivity contribution in [3.8, 4) is 29.3 Å². The molecule has 6 N–H and O–H groups in total. The van der Waals surface area contributed by atoms with Gasteiger partial charge in [-0.1, -0.05) is 60.7 Å². The third-order valence-corrected chi connectivity index (χ3v) is 16.4. The van der Waals surface area contributed by atoms with E-state index in [1.165, 1.54) is 80.0 Å². The van der Waals surface area contributed by atoms with E-state index in [-0.39, 0.29) is 55.0 Å². The molecular weight excluding hydrogens is 1950 g/mol. The minimum absolute atomic E-state index is 0.106. The number of aromatic amines is 4. The van der Waals surface area contributed by atoms with Gasteiger partial charge in [-0.2, -0.15) is 58.5 Å². The second kappa shape index (κ2) is 66.5. The number of benzene rings is 7. The summed E-state index contributed by atoms with van der Waals surface area (Å²) < 4.78 is 121. The molecule has 5 aromatic heterocycles. The van der Waals surface area contributed by atoms with Crippen LogP contribution >= 0.6 is 70.2 Å². The Kier molecular flexibility index (Phi) is 61.0. The van der Waals surface area contributed by atoms with Crippen molar-refractivity contribution in [3.63, 3.8) is 0 Å². The van der Waals surface area contributed by atoms with Gasteiger partial charge in [0.25, 0.3) is 0 Å². The molecule has 0 saturated carbocycles. The fourth-order valence-electron chi connectivity index (χ4n) is 10.6. The van der Waals surface area contributed by atoms with Crippen LogP contribution in [0.3, 0.4) is 0 Å². The topological polar surface area (TPSA) is 451 Å². The number of allylic oxidation sites excluding steroid dienone is 1. The largest absolute Gasteiger partial charge is 0.573 e. The van der Waals surface area contributed by atoms with Gasteiger partial charge in [0.2, 0.25) is 0 Å². The number of H-pyrrole nitrogens is 4. The van der Waals surface area contributed by atoms with Crippen molar-refractivity contribution < 1.29 is 126 Å². The lowest BCUT2D eigenvalue weighted by atomic mass is 10.1. The number of hydrogen-bond acceptors (Lipinski definition) is 23. The van der Waals surface area contributed by atoms with E-state index in [2.05, 4.69) is 166 Å². The van der Waals surface area contributed by atoms with Crippen molar-refractivity contribution in [1.29, 1.82) is 10.5 Å². The molecule has 0 fully saturated rings. The highest BCUT2D eigenvalue weighted by Gasteiger charge is 2.32. The number of fused-ring (bicyclic) bond motifs is 5. The van der Waals surface area contributed by atoms with Crippen LogP contribution in [-0.4, -0.2) is 131 Å². The van der Waals surface area contributed by atoms with Crippen molar-refractivity contribution in [2.45, 2.75) is 140 Å². The molecule has 0 unspecified atom stereocenters. The molecule has 0 aliphatic carbocycles. The summed E-state index contributed by atoms with van der Waals surface area (Å²) in [6, 6.07) is 48.3. The second-order valence-electron chi connectivity index (χ2n) is 27.9. The average Bonchev–Trinajstić information content (AvgIpc) is 1.63. The van der Waals surface area contributed by atoms with Crippen molar-refractivity contribution in [1.82, 2.24) is 35.1 Å². The highest BCUT2D eigenvalue weighted by Crippen LogP contribution is 2.61. The standard InChI is InChI=1S/C24H27F3N2O3.C17H24N2O2.C12H10N2.C10H9NO.C9H9N.C7H4F3IO.C4H10O.C2H2NO2P.5CO2.Cl3OP/c1-16-7-12-20-17(6-5-13-28-22(30)32-23(2,3)4)15-29(21(20)14-16)18-8-10-19(11-9-18)31-24(25,26)27;1-12-7-8-14-13(11-19-15(14)10-12)6-5-9-18-16(20)21-17(2,3)4;1-9-4-5-11-10(3-2-6-13)8-14-12(11)7-9;1-7-2-3-9-8(6-12)5-11-10(9)4-7;1-7-2-3-8-4-5-10-9(8)6-7;8-7(9,10)12-6-3-1-5(11)2-4-6;1-3-5-4-2;3-1-2-5-6-4;5*2-1-3;1-5(2,3)4/h7-12,14-15H,5-6,13H2,1-4H3,(H,28,30);7-8,10-11,19H,5-6,9H2,1-4H3,(H,18,20);2-5,7-8,14H,1H3;2-6,11H,1H3;2-6,10H,1H3;1-4H;3-4H2,1-2H3;2H2;;;;;;/b;;3-2+;;;;;;;;;;;. The first-order chi connectivity index (χ1) is 62.1. The second-order valence-corrected chi connectivity index (χ2v) is 36.1. The van der Waals surface area contributed by atoms with Gasteiger partial charge in [0, 0.05) is 127 Å². The number of ether oxygens (including phenoxy) is 5. The van der Waals surface area contributed by atoms with Gasteiger partial charge in [-0.15, -0.1) is 26.3 Å². The Morgan fingerprint density at radius 3 is 1.30 bits per heavy atom. The molecule has 2 amide bonds. The number of carbonyl (C=O) groups is 3. The van der Waals surface area contributed by atoms with Crippen LogP contribution in [0.15, 0.2) is 183 Å². The maximum atomic E-state index is 12.4. The van der Waals surface area contributed by atoms with E-state index in [0.29, 0.717) is 19.5 Å². The molecule has 7 aromatic carbocycles. The number of aromatic nitrogens is 5. The highest BCUT2D eigenvalue weighted by molar-refractivity contribution is 14.1. The summed E-state index contributed by atoms with van der Waals surface area (Å²) in [5.74, 6) is -0.453. The summed E-state index contributed by atoms with van der Waals surface area (Å²) in [4.78, 5) is 128. The van der Waals surface area contributed by atoms with Gasteiger partial charge >= 0.3 is 69.6 Å². The summed E-state index contributed by atoms with van der Waals surface area (Å²) in [5.41, 5.74) is 15.4.